The van der Waals surface area contributed by atoms with Crippen molar-refractivity contribution >= 4 is 56.8 Å². The van der Waals surface area contributed by atoms with Crippen LogP contribution in [0.25, 0.3) is 0 Å². The molecule has 1 aromatic heterocycles. The van der Waals surface area contributed by atoms with Gasteiger partial charge < -0.3 is 15.5 Å². The zero-order valence-corrected chi connectivity index (χ0v) is 20.2. The smallest absolute Gasteiger partial charge is 0.273 e. The maximum atomic E-state index is 13.0. The SMILES string of the molecule is CC1CC(NC(=O)c2n[nH]c(NC(=O)c3ccccc3Cl)c2Br)C(=O)N(C)c2ccccc21. The zero-order valence-electron chi connectivity index (χ0n) is 17.9. The molecule has 0 radical (unpaired) electrons. The van der Waals surface area contributed by atoms with Crippen LogP contribution in [-0.2, 0) is 4.79 Å². The molecule has 0 saturated carbocycles. The Morgan fingerprint density at radius 1 is 1.15 bits per heavy atom. The standard InChI is InChI=1S/C23H21BrClN5O3/c1-12-11-16(23(33)30(2)17-10-6-4-7-13(12)17)26-22(32)19-18(24)20(29-28-19)27-21(31)14-8-3-5-9-15(14)25/h3-10,12,16H,11H2,1-2H3,(H,26,32)(H2,27,28,29,31). The molecule has 0 aliphatic carbocycles. The zero-order chi connectivity index (χ0) is 23.7. The van der Waals surface area contributed by atoms with Crippen molar-refractivity contribution in [1.82, 2.24) is 15.5 Å². The van der Waals surface area contributed by atoms with E-state index in [1.165, 1.54) is 0 Å². The van der Waals surface area contributed by atoms with E-state index in [2.05, 4.69) is 36.8 Å². The molecule has 10 heteroatoms. The molecule has 2 atom stereocenters. The number of carbonyl (C=O) groups is 3. The van der Waals surface area contributed by atoms with E-state index in [0.29, 0.717) is 11.4 Å². The monoisotopic (exact) mass is 529 g/mol. The van der Waals surface area contributed by atoms with Crippen molar-refractivity contribution in [1.29, 1.82) is 0 Å². The molecule has 1 aliphatic rings. The molecule has 1 aliphatic heterocycles. The summed E-state index contributed by atoms with van der Waals surface area (Å²) in [5.41, 5.74) is 2.19. The molecule has 4 rings (SSSR count). The lowest BCUT2D eigenvalue weighted by atomic mass is 9.94. The first kappa shape index (κ1) is 23.0. The number of fused-ring (bicyclic) bond motifs is 1. The summed E-state index contributed by atoms with van der Waals surface area (Å²) in [5, 5.41) is 12.4. The van der Waals surface area contributed by atoms with Gasteiger partial charge >= 0.3 is 0 Å². The number of amides is 3. The maximum Gasteiger partial charge on any atom is 0.273 e. The number of halogens is 2. The molecule has 8 nitrogen and oxygen atoms in total. The number of benzene rings is 2. The normalized spacial score (nSPS) is 17.8. The Balaban J connectivity index is 1.50. The Bertz CT molecular complexity index is 1240. The van der Waals surface area contributed by atoms with Gasteiger partial charge in [-0.25, -0.2) is 0 Å². The van der Waals surface area contributed by atoms with E-state index < -0.39 is 17.9 Å². The van der Waals surface area contributed by atoms with Crippen LogP contribution in [0.5, 0.6) is 0 Å². The minimum atomic E-state index is -0.727. The second-order valence-corrected chi connectivity index (χ2v) is 9.01. The van der Waals surface area contributed by atoms with Crippen LogP contribution in [0.4, 0.5) is 11.5 Å². The molecule has 0 fully saturated rings. The molecule has 3 N–H and O–H groups in total. The van der Waals surface area contributed by atoms with Crippen LogP contribution in [0.2, 0.25) is 5.02 Å². The van der Waals surface area contributed by atoms with Crippen LogP contribution >= 0.6 is 27.5 Å². The summed E-state index contributed by atoms with van der Waals surface area (Å²) >= 11 is 9.39. The van der Waals surface area contributed by atoms with Gasteiger partial charge in [0.05, 0.1) is 15.1 Å². The summed E-state index contributed by atoms with van der Waals surface area (Å²) in [6.45, 7) is 2.03. The number of rotatable bonds is 4. The average molecular weight is 531 g/mol. The van der Waals surface area contributed by atoms with E-state index in [1.54, 1.807) is 36.2 Å². The number of aromatic amines is 1. The summed E-state index contributed by atoms with van der Waals surface area (Å²) in [6.07, 6.45) is 0.448. The average Bonchev–Trinajstić information content (AvgIpc) is 3.13. The van der Waals surface area contributed by atoms with Gasteiger partial charge in [0, 0.05) is 12.7 Å². The number of nitrogens with one attached hydrogen (secondary N) is 3. The fraction of sp³-hybridized carbons (Fsp3) is 0.217. The second-order valence-electron chi connectivity index (χ2n) is 7.81. The maximum absolute atomic E-state index is 13.0. The lowest BCUT2D eigenvalue weighted by molar-refractivity contribution is -0.120. The van der Waals surface area contributed by atoms with E-state index in [0.717, 1.165) is 11.3 Å². The van der Waals surface area contributed by atoms with Gasteiger partial charge in [-0.3, -0.25) is 19.5 Å². The Morgan fingerprint density at radius 2 is 1.85 bits per heavy atom. The number of likely N-dealkylation sites (N-methyl/N-ethyl adjacent to an activating group) is 1. The number of H-pyrrole nitrogens is 1. The van der Waals surface area contributed by atoms with E-state index in [4.69, 9.17) is 11.6 Å². The van der Waals surface area contributed by atoms with Crippen molar-refractivity contribution in [2.75, 3.05) is 17.3 Å². The molecule has 3 aromatic rings. The van der Waals surface area contributed by atoms with Gasteiger partial charge in [-0.1, -0.05) is 48.9 Å². The first-order valence-electron chi connectivity index (χ1n) is 10.2. The molecule has 2 heterocycles. The fourth-order valence-corrected chi connectivity index (χ4v) is 4.56. The van der Waals surface area contributed by atoms with Gasteiger partial charge in [-0.05, 0) is 52.0 Å². The first-order valence-corrected chi connectivity index (χ1v) is 11.4. The number of carbonyl (C=O) groups excluding carboxylic acids is 3. The highest BCUT2D eigenvalue weighted by molar-refractivity contribution is 9.10. The van der Waals surface area contributed by atoms with E-state index >= 15 is 0 Å². The third-order valence-corrected chi connectivity index (χ3v) is 6.73. The van der Waals surface area contributed by atoms with Crippen LogP contribution in [0.1, 0.15) is 45.7 Å². The molecular weight excluding hydrogens is 510 g/mol. The van der Waals surface area contributed by atoms with E-state index in [-0.39, 0.29) is 33.4 Å². The van der Waals surface area contributed by atoms with Gasteiger partial charge in [-0.2, -0.15) is 5.10 Å². The Morgan fingerprint density at radius 3 is 2.61 bits per heavy atom. The molecule has 2 unspecified atom stereocenters. The number of hydrogen-bond donors (Lipinski definition) is 3. The van der Waals surface area contributed by atoms with Crippen LogP contribution in [0.15, 0.2) is 53.0 Å². The molecule has 170 valence electrons. The van der Waals surface area contributed by atoms with Gasteiger partial charge in [0.15, 0.2) is 5.69 Å². The van der Waals surface area contributed by atoms with Crippen molar-refractivity contribution in [3.63, 3.8) is 0 Å². The van der Waals surface area contributed by atoms with Crippen molar-refractivity contribution in [2.24, 2.45) is 0 Å². The highest BCUT2D eigenvalue weighted by atomic mass is 79.9. The minimum Gasteiger partial charge on any atom is -0.339 e. The van der Waals surface area contributed by atoms with Crippen molar-refractivity contribution in [3.8, 4) is 0 Å². The molecule has 3 amide bonds. The summed E-state index contributed by atoms with van der Waals surface area (Å²) in [7, 11) is 1.70. The second kappa shape index (κ2) is 9.36. The van der Waals surface area contributed by atoms with Gasteiger partial charge in [-0.15, -0.1) is 0 Å². The number of anilines is 2. The van der Waals surface area contributed by atoms with Crippen LogP contribution in [0, 0.1) is 0 Å². The van der Waals surface area contributed by atoms with E-state index in [9.17, 15) is 14.4 Å². The van der Waals surface area contributed by atoms with Crippen molar-refractivity contribution < 1.29 is 14.4 Å². The Kier molecular flexibility index (Phi) is 6.53. The molecule has 33 heavy (non-hydrogen) atoms. The topological polar surface area (TPSA) is 107 Å². The molecular formula is C23H21BrClN5O3. The third kappa shape index (κ3) is 4.51. The number of nitrogens with zero attached hydrogens (tertiary/aromatic N) is 2. The van der Waals surface area contributed by atoms with Gasteiger partial charge in [0.1, 0.15) is 11.9 Å². The van der Waals surface area contributed by atoms with E-state index in [1.807, 2.05) is 31.2 Å². The predicted molar refractivity (Wildman–Crippen MR) is 130 cm³/mol. The Hall–Kier alpha value is -3.17. The summed E-state index contributed by atoms with van der Waals surface area (Å²) in [4.78, 5) is 40.1. The number of aromatic nitrogens is 2. The third-order valence-electron chi connectivity index (χ3n) is 5.63. The minimum absolute atomic E-state index is 0.0225. The highest BCUT2D eigenvalue weighted by Gasteiger charge is 2.33. The van der Waals surface area contributed by atoms with Gasteiger partial charge in [0.2, 0.25) is 5.91 Å². The molecule has 2 aromatic carbocycles. The summed E-state index contributed by atoms with van der Waals surface area (Å²) in [6, 6.07) is 13.6. The molecule has 0 spiro atoms. The highest BCUT2D eigenvalue weighted by Crippen LogP contribution is 2.34. The lowest BCUT2D eigenvalue weighted by Crippen LogP contribution is -2.47. The first-order chi connectivity index (χ1) is 15.8. The lowest BCUT2D eigenvalue weighted by Gasteiger charge is -2.21. The molecule has 0 saturated heterocycles. The van der Waals surface area contributed by atoms with Gasteiger partial charge in [0.25, 0.3) is 11.8 Å². The number of para-hydroxylation sites is 1. The number of hydrogen-bond acceptors (Lipinski definition) is 4. The predicted octanol–water partition coefficient (Wildman–Crippen LogP) is 4.35. The van der Waals surface area contributed by atoms with Crippen LogP contribution < -0.4 is 15.5 Å². The van der Waals surface area contributed by atoms with Crippen LogP contribution in [-0.4, -0.2) is 41.0 Å². The molecule has 0 bridgehead atoms. The Labute approximate surface area is 203 Å². The van der Waals surface area contributed by atoms with Crippen molar-refractivity contribution in [3.05, 3.63) is 74.8 Å². The van der Waals surface area contributed by atoms with Crippen LogP contribution in [0.3, 0.4) is 0 Å². The quantitative estimate of drug-likeness (QED) is 0.466. The largest absolute Gasteiger partial charge is 0.339 e. The van der Waals surface area contributed by atoms with Crippen molar-refractivity contribution in [2.45, 2.75) is 25.3 Å². The summed E-state index contributed by atoms with van der Waals surface area (Å²) in [5.74, 6) is -0.937. The summed E-state index contributed by atoms with van der Waals surface area (Å²) < 4.78 is 0.270. The fourth-order valence-electron chi connectivity index (χ4n) is 3.88.